The molecule has 3 heterocycles. The van der Waals surface area contributed by atoms with Gasteiger partial charge in [0.2, 0.25) is 0 Å². The highest BCUT2D eigenvalue weighted by Gasteiger charge is 2.54. The summed E-state index contributed by atoms with van der Waals surface area (Å²) in [5.41, 5.74) is 2.27. The van der Waals surface area contributed by atoms with Crippen LogP contribution in [0.15, 0.2) is 17.5 Å². The minimum atomic E-state index is -0.993. The Morgan fingerprint density at radius 1 is 1.35 bits per heavy atom. The maximum Gasteiger partial charge on any atom is 0.325 e. The van der Waals surface area contributed by atoms with Gasteiger partial charge in [0, 0.05) is 34.4 Å². The Balaban J connectivity index is 1.63. The average molecular weight is 371 g/mol. The number of ketones is 1. The Hall–Kier alpha value is -2.41. The molecule has 1 aliphatic carbocycles. The molecule has 3 amide bonds. The second-order valence-corrected chi connectivity index (χ2v) is 8.11. The Labute approximate surface area is 155 Å². The molecule has 6 nitrogen and oxygen atoms in total. The zero-order valence-electron chi connectivity index (χ0n) is 15.1. The lowest BCUT2D eigenvalue weighted by Crippen LogP contribution is -2.46. The van der Waals surface area contributed by atoms with Crippen LogP contribution in [0.4, 0.5) is 4.79 Å². The van der Waals surface area contributed by atoms with Gasteiger partial charge >= 0.3 is 6.03 Å². The molecular formula is C19H21N3O3S. The summed E-state index contributed by atoms with van der Waals surface area (Å²) < 4.78 is 1.93. The quantitative estimate of drug-likeness (QED) is 0.666. The van der Waals surface area contributed by atoms with E-state index in [4.69, 9.17) is 0 Å². The van der Waals surface area contributed by atoms with Crippen LogP contribution in [-0.4, -0.2) is 33.7 Å². The van der Waals surface area contributed by atoms with Gasteiger partial charge in [0.25, 0.3) is 5.91 Å². The number of imide groups is 1. The fourth-order valence-corrected chi connectivity index (χ4v) is 5.05. The molecule has 2 aromatic heterocycles. The average Bonchev–Trinajstić information content (AvgIpc) is 3.25. The number of nitrogens with one attached hydrogen (secondary N) is 1. The van der Waals surface area contributed by atoms with Gasteiger partial charge in [-0.15, -0.1) is 11.3 Å². The first-order chi connectivity index (χ1) is 12.3. The molecule has 0 bridgehead atoms. The van der Waals surface area contributed by atoms with E-state index in [2.05, 4.69) is 5.32 Å². The molecule has 1 spiro atoms. The lowest BCUT2D eigenvalue weighted by molar-refractivity contribution is -0.131. The molecule has 2 aromatic rings. The lowest BCUT2D eigenvalue weighted by Gasteiger charge is -2.31. The monoisotopic (exact) mass is 371 g/mol. The van der Waals surface area contributed by atoms with Crippen molar-refractivity contribution in [1.82, 2.24) is 14.8 Å². The molecule has 7 heteroatoms. The van der Waals surface area contributed by atoms with Gasteiger partial charge in [0.05, 0.1) is 6.54 Å². The van der Waals surface area contributed by atoms with Gasteiger partial charge in [-0.25, -0.2) is 4.79 Å². The van der Waals surface area contributed by atoms with Gasteiger partial charge in [-0.3, -0.25) is 14.5 Å². The Morgan fingerprint density at radius 3 is 2.81 bits per heavy atom. The summed E-state index contributed by atoms with van der Waals surface area (Å²) >= 11 is 1.62. The number of rotatable bonds is 3. The number of nitrogens with zero attached hydrogens (tertiary/aromatic N) is 2. The van der Waals surface area contributed by atoms with Gasteiger partial charge < -0.3 is 9.88 Å². The molecular weight excluding hydrogens is 350 g/mol. The van der Waals surface area contributed by atoms with Crippen molar-refractivity contribution in [3.63, 3.8) is 0 Å². The number of fused-ring (bicyclic) bond motifs is 2. The number of carbonyl (C=O) groups is 3. The van der Waals surface area contributed by atoms with Crippen LogP contribution in [0, 0.1) is 13.8 Å². The van der Waals surface area contributed by atoms with Crippen molar-refractivity contribution in [3.05, 3.63) is 44.9 Å². The van der Waals surface area contributed by atoms with Crippen LogP contribution in [0.5, 0.6) is 0 Å². The number of aromatic nitrogens is 1. The van der Waals surface area contributed by atoms with Crippen molar-refractivity contribution in [2.45, 2.75) is 38.6 Å². The number of hydrogen-bond acceptors (Lipinski definition) is 4. The van der Waals surface area contributed by atoms with E-state index in [1.807, 2.05) is 43.0 Å². The van der Waals surface area contributed by atoms with E-state index < -0.39 is 11.6 Å². The van der Waals surface area contributed by atoms with Crippen molar-refractivity contribution in [2.24, 2.45) is 7.05 Å². The standard InChI is InChI=1S/C19H21N3O3S/c1-11-9-13(12(2)21(11)3)15(23)10-22-17(24)19(20-18(22)25)7-4-5-16-14(19)6-8-26-16/h6,8-9H,4-5,7,10H2,1-3H3,(H,20,25). The second kappa shape index (κ2) is 5.81. The number of urea groups is 1. The van der Waals surface area contributed by atoms with Crippen LogP contribution >= 0.6 is 11.3 Å². The van der Waals surface area contributed by atoms with Crippen LogP contribution in [0.3, 0.4) is 0 Å². The van der Waals surface area contributed by atoms with Crippen LogP contribution < -0.4 is 5.32 Å². The number of Topliss-reactive ketones (excluding diaryl/α,β-unsaturated/α-hetero) is 1. The first-order valence-electron chi connectivity index (χ1n) is 8.72. The summed E-state index contributed by atoms with van der Waals surface area (Å²) in [4.78, 5) is 40.7. The highest BCUT2D eigenvalue weighted by molar-refractivity contribution is 7.10. The van der Waals surface area contributed by atoms with E-state index >= 15 is 0 Å². The number of carbonyl (C=O) groups excluding carboxylic acids is 3. The van der Waals surface area contributed by atoms with Crippen molar-refractivity contribution >= 4 is 29.1 Å². The molecule has 1 fully saturated rings. The number of aryl methyl sites for hydroxylation is 2. The first kappa shape index (κ1) is 17.0. The van der Waals surface area contributed by atoms with Crippen molar-refractivity contribution in [3.8, 4) is 0 Å². The summed E-state index contributed by atoms with van der Waals surface area (Å²) in [5.74, 6) is -0.520. The summed E-state index contributed by atoms with van der Waals surface area (Å²) in [6.07, 6.45) is 2.35. The Morgan fingerprint density at radius 2 is 2.12 bits per heavy atom. The van der Waals surface area contributed by atoms with E-state index in [9.17, 15) is 14.4 Å². The maximum absolute atomic E-state index is 13.2. The summed E-state index contributed by atoms with van der Waals surface area (Å²) in [7, 11) is 1.89. The highest BCUT2D eigenvalue weighted by Crippen LogP contribution is 2.42. The fourth-order valence-electron chi connectivity index (χ4n) is 4.05. The van der Waals surface area contributed by atoms with Gasteiger partial charge in [-0.05, 0) is 50.6 Å². The third kappa shape index (κ3) is 2.26. The normalized spacial score (nSPS) is 22.0. The SMILES string of the molecule is Cc1cc(C(=O)CN2C(=O)NC3(CCCc4sccc43)C2=O)c(C)n1C. The zero-order valence-corrected chi connectivity index (χ0v) is 15.9. The van der Waals surface area contributed by atoms with Crippen molar-refractivity contribution in [2.75, 3.05) is 6.54 Å². The van der Waals surface area contributed by atoms with Crippen LogP contribution in [0.2, 0.25) is 0 Å². The molecule has 0 saturated carbocycles. The van der Waals surface area contributed by atoms with Gasteiger partial charge in [0.15, 0.2) is 5.78 Å². The molecule has 1 N–H and O–H groups in total. The molecule has 2 aliphatic rings. The van der Waals surface area contributed by atoms with Gasteiger partial charge in [0.1, 0.15) is 5.54 Å². The molecule has 1 atom stereocenters. The molecule has 136 valence electrons. The third-order valence-electron chi connectivity index (χ3n) is 5.71. The smallest absolute Gasteiger partial charge is 0.325 e. The van der Waals surface area contributed by atoms with Crippen LogP contribution in [0.1, 0.15) is 45.0 Å². The lowest BCUT2D eigenvalue weighted by atomic mass is 9.80. The topological polar surface area (TPSA) is 71.4 Å². The second-order valence-electron chi connectivity index (χ2n) is 7.10. The molecule has 1 saturated heterocycles. The Kier molecular flexibility index (Phi) is 3.80. The minimum absolute atomic E-state index is 0.215. The molecule has 1 unspecified atom stereocenters. The van der Waals surface area contributed by atoms with Crippen LogP contribution in [0.25, 0.3) is 0 Å². The predicted molar refractivity (Wildman–Crippen MR) is 98.4 cm³/mol. The van der Waals surface area contributed by atoms with E-state index in [0.717, 1.165) is 39.6 Å². The van der Waals surface area contributed by atoms with E-state index in [1.165, 1.54) is 0 Å². The van der Waals surface area contributed by atoms with Gasteiger partial charge in [-0.1, -0.05) is 0 Å². The van der Waals surface area contributed by atoms with E-state index in [1.54, 1.807) is 11.3 Å². The van der Waals surface area contributed by atoms with Crippen LogP contribution in [-0.2, 0) is 23.8 Å². The molecule has 0 aromatic carbocycles. The maximum atomic E-state index is 13.2. The van der Waals surface area contributed by atoms with Gasteiger partial charge in [-0.2, -0.15) is 0 Å². The molecule has 4 rings (SSSR count). The van der Waals surface area contributed by atoms with Crippen molar-refractivity contribution in [1.29, 1.82) is 0 Å². The number of amides is 3. The fraction of sp³-hybridized carbons (Fsp3) is 0.421. The number of thiophene rings is 1. The summed E-state index contributed by atoms with van der Waals surface area (Å²) in [5, 5.41) is 4.85. The first-order valence-corrected chi connectivity index (χ1v) is 9.60. The van der Waals surface area contributed by atoms with E-state index in [-0.39, 0.29) is 18.2 Å². The van der Waals surface area contributed by atoms with Crippen molar-refractivity contribution < 1.29 is 14.4 Å². The highest BCUT2D eigenvalue weighted by atomic mass is 32.1. The minimum Gasteiger partial charge on any atom is -0.351 e. The third-order valence-corrected chi connectivity index (χ3v) is 6.69. The summed E-state index contributed by atoms with van der Waals surface area (Å²) in [6, 6.07) is 3.25. The zero-order chi connectivity index (χ0) is 18.6. The number of hydrogen-bond donors (Lipinski definition) is 1. The summed E-state index contributed by atoms with van der Waals surface area (Å²) in [6.45, 7) is 3.56. The van der Waals surface area contributed by atoms with E-state index in [0.29, 0.717) is 12.0 Å². The predicted octanol–water partition coefficient (Wildman–Crippen LogP) is 2.67. The molecule has 1 aliphatic heterocycles. The largest absolute Gasteiger partial charge is 0.351 e. The molecule has 0 radical (unpaired) electrons. The molecule has 26 heavy (non-hydrogen) atoms. The Bertz CT molecular complexity index is 942.